The topological polar surface area (TPSA) is 87.8 Å². The lowest BCUT2D eigenvalue weighted by Crippen LogP contribution is -2.39. The van der Waals surface area contributed by atoms with Crippen LogP contribution in [0.4, 0.5) is 0 Å². The molecule has 6 heteroatoms. The molecule has 0 bridgehead atoms. The first-order chi connectivity index (χ1) is 9.59. The van der Waals surface area contributed by atoms with Crippen molar-refractivity contribution in [1.29, 1.82) is 0 Å². The maximum atomic E-state index is 11.9. The van der Waals surface area contributed by atoms with E-state index in [1.807, 2.05) is 0 Å². The third kappa shape index (κ3) is 3.14. The maximum Gasteiger partial charge on any atom is 0.326 e. The summed E-state index contributed by atoms with van der Waals surface area (Å²) in [7, 11) is 0. The van der Waals surface area contributed by atoms with Crippen molar-refractivity contribution in [3.05, 3.63) is 36.3 Å². The molecule has 0 aliphatic carbocycles. The molecular formula is C14H15NO5. The second-order valence-electron chi connectivity index (χ2n) is 4.53. The van der Waals surface area contributed by atoms with E-state index < -0.39 is 12.0 Å². The van der Waals surface area contributed by atoms with Crippen molar-refractivity contribution in [2.45, 2.75) is 25.3 Å². The second kappa shape index (κ2) is 6.18. The minimum Gasteiger partial charge on any atom is -0.480 e. The van der Waals surface area contributed by atoms with E-state index in [2.05, 4.69) is 0 Å². The number of nitrogens with zero attached hydrogens (tertiary/aromatic N) is 1. The Labute approximate surface area is 115 Å². The largest absolute Gasteiger partial charge is 0.480 e. The molecule has 1 aromatic rings. The molecule has 1 N–H and O–H groups in total. The molecule has 1 aromatic heterocycles. The first-order valence-corrected chi connectivity index (χ1v) is 6.36. The second-order valence-corrected chi connectivity index (χ2v) is 4.53. The summed E-state index contributed by atoms with van der Waals surface area (Å²) in [5, 5.41) is 8.99. The number of likely N-dealkylation sites (tertiary alicyclic amines) is 1. The van der Waals surface area contributed by atoms with E-state index >= 15 is 0 Å². The molecule has 0 unspecified atom stereocenters. The summed E-state index contributed by atoms with van der Waals surface area (Å²) in [6, 6.07) is 2.41. The molecule has 20 heavy (non-hydrogen) atoms. The number of carbonyl (C=O) groups is 3. The van der Waals surface area contributed by atoms with E-state index in [4.69, 9.17) is 9.52 Å². The van der Waals surface area contributed by atoms with Crippen LogP contribution in [0.25, 0.3) is 0 Å². The Morgan fingerprint density at radius 2 is 2.25 bits per heavy atom. The van der Waals surface area contributed by atoms with Crippen molar-refractivity contribution >= 4 is 17.7 Å². The van der Waals surface area contributed by atoms with Gasteiger partial charge in [0.2, 0.25) is 11.7 Å². The van der Waals surface area contributed by atoms with Crippen LogP contribution in [-0.4, -0.2) is 40.3 Å². The predicted octanol–water partition coefficient (Wildman–Crippen LogP) is 1.48. The highest BCUT2D eigenvalue weighted by Crippen LogP contribution is 2.17. The molecular weight excluding hydrogens is 262 g/mol. The predicted molar refractivity (Wildman–Crippen MR) is 69.2 cm³/mol. The van der Waals surface area contributed by atoms with Gasteiger partial charge >= 0.3 is 5.97 Å². The van der Waals surface area contributed by atoms with Crippen LogP contribution in [0, 0.1) is 0 Å². The van der Waals surface area contributed by atoms with Gasteiger partial charge < -0.3 is 14.4 Å². The number of aliphatic carboxylic acids is 1. The molecule has 2 rings (SSSR count). The number of rotatable bonds is 5. The van der Waals surface area contributed by atoms with Crippen molar-refractivity contribution in [3.8, 4) is 0 Å². The van der Waals surface area contributed by atoms with Crippen molar-refractivity contribution < 1.29 is 23.9 Å². The third-order valence-electron chi connectivity index (χ3n) is 3.18. The number of hydrogen-bond acceptors (Lipinski definition) is 4. The van der Waals surface area contributed by atoms with Crippen molar-refractivity contribution in [1.82, 2.24) is 4.90 Å². The zero-order valence-electron chi connectivity index (χ0n) is 10.8. The molecule has 1 aliphatic rings. The number of hydrogen-bond donors (Lipinski definition) is 1. The van der Waals surface area contributed by atoms with Gasteiger partial charge in [0, 0.05) is 13.0 Å². The van der Waals surface area contributed by atoms with Gasteiger partial charge in [-0.15, -0.1) is 0 Å². The average molecular weight is 277 g/mol. The molecule has 0 radical (unpaired) electrons. The van der Waals surface area contributed by atoms with Gasteiger partial charge in [0.1, 0.15) is 6.04 Å². The Kier molecular flexibility index (Phi) is 4.34. The number of amides is 1. The highest BCUT2D eigenvalue weighted by Gasteiger charge is 2.32. The van der Waals surface area contributed by atoms with Gasteiger partial charge in [-0.25, -0.2) is 4.79 Å². The third-order valence-corrected chi connectivity index (χ3v) is 3.18. The van der Waals surface area contributed by atoms with Gasteiger partial charge in [-0.1, -0.05) is 6.08 Å². The summed E-state index contributed by atoms with van der Waals surface area (Å²) in [6.45, 7) is 0.437. The highest BCUT2D eigenvalue weighted by molar-refractivity contribution is 5.96. The lowest BCUT2D eigenvalue weighted by atomic mass is 10.2. The summed E-state index contributed by atoms with van der Waals surface area (Å²) < 4.78 is 4.94. The molecule has 0 spiro atoms. The summed E-state index contributed by atoms with van der Waals surface area (Å²) in [4.78, 5) is 35.8. The average Bonchev–Trinajstić information content (AvgIpc) is 3.09. The molecule has 0 aromatic carbocycles. The van der Waals surface area contributed by atoms with Crippen LogP contribution in [0.1, 0.15) is 29.8 Å². The molecule has 106 valence electrons. The Hall–Kier alpha value is -2.37. The fourth-order valence-corrected chi connectivity index (χ4v) is 2.19. The van der Waals surface area contributed by atoms with E-state index in [0.717, 1.165) is 0 Å². The molecule has 2 heterocycles. The summed E-state index contributed by atoms with van der Waals surface area (Å²) in [6.07, 6.45) is 5.29. The number of carbonyl (C=O) groups excluding carboxylic acids is 2. The zero-order chi connectivity index (χ0) is 14.5. The van der Waals surface area contributed by atoms with Crippen molar-refractivity contribution in [2.75, 3.05) is 6.54 Å². The smallest absolute Gasteiger partial charge is 0.326 e. The number of Topliss-reactive ketones (excluding diaryl/α,β-unsaturated/α-hetero) is 1. The van der Waals surface area contributed by atoms with Gasteiger partial charge in [-0.3, -0.25) is 9.59 Å². The highest BCUT2D eigenvalue weighted by atomic mass is 16.4. The molecule has 1 aliphatic heterocycles. The molecule has 1 saturated heterocycles. The standard InChI is InChI=1S/C14H15NO5/c16-11(12-6-3-9-20-12)5-1-7-13(17)15-8-2-4-10(15)14(18)19/h1,3,6-7,9-10H,2,4-5,8H2,(H,18,19)/t10-/m0/s1. The van der Waals surface area contributed by atoms with Gasteiger partial charge in [-0.2, -0.15) is 0 Å². The van der Waals surface area contributed by atoms with Crippen LogP contribution < -0.4 is 0 Å². The van der Waals surface area contributed by atoms with Gasteiger partial charge in [0.25, 0.3) is 0 Å². The normalized spacial score (nSPS) is 18.6. The first-order valence-electron chi connectivity index (χ1n) is 6.36. The van der Waals surface area contributed by atoms with Gasteiger partial charge in [0.05, 0.1) is 6.26 Å². The number of allylic oxidation sites excluding steroid dienone is 1. The van der Waals surface area contributed by atoms with Crippen molar-refractivity contribution in [2.24, 2.45) is 0 Å². The molecule has 6 nitrogen and oxygen atoms in total. The minimum atomic E-state index is -0.990. The number of ketones is 1. The van der Waals surface area contributed by atoms with E-state index in [1.165, 1.54) is 23.3 Å². The fourth-order valence-electron chi connectivity index (χ4n) is 2.19. The van der Waals surface area contributed by atoms with Crippen LogP contribution in [0.5, 0.6) is 0 Å². The quantitative estimate of drug-likeness (QED) is 0.650. The van der Waals surface area contributed by atoms with Gasteiger partial charge in [0.15, 0.2) is 5.76 Å². The maximum absolute atomic E-state index is 11.9. The van der Waals surface area contributed by atoms with Crippen molar-refractivity contribution in [3.63, 3.8) is 0 Å². The monoisotopic (exact) mass is 277 g/mol. The van der Waals surface area contributed by atoms with Crippen LogP contribution in [0.3, 0.4) is 0 Å². The molecule has 1 atom stereocenters. The van der Waals surface area contributed by atoms with E-state index in [0.29, 0.717) is 19.4 Å². The zero-order valence-corrected chi connectivity index (χ0v) is 10.8. The summed E-state index contributed by atoms with van der Waals surface area (Å²) in [5.74, 6) is -1.35. The van der Waals surface area contributed by atoms with Crippen LogP contribution in [-0.2, 0) is 9.59 Å². The van der Waals surface area contributed by atoms with E-state index in [1.54, 1.807) is 12.1 Å². The molecule has 0 saturated carbocycles. The summed E-state index contributed by atoms with van der Waals surface area (Å²) >= 11 is 0. The van der Waals surface area contributed by atoms with E-state index in [-0.39, 0.29) is 23.9 Å². The van der Waals surface area contributed by atoms with Crippen LogP contribution in [0.15, 0.2) is 35.0 Å². The molecule has 1 fully saturated rings. The number of furan rings is 1. The SMILES string of the molecule is O=C(CC=CC(=O)N1CCC[C@H]1C(=O)O)c1ccco1. The van der Waals surface area contributed by atoms with Crippen LogP contribution in [0.2, 0.25) is 0 Å². The number of carboxylic acids is 1. The van der Waals surface area contributed by atoms with Gasteiger partial charge in [-0.05, 0) is 31.1 Å². The van der Waals surface area contributed by atoms with Crippen LogP contribution >= 0.6 is 0 Å². The Morgan fingerprint density at radius 3 is 2.90 bits per heavy atom. The Balaban J connectivity index is 1.89. The Bertz CT molecular complexity index is 532. The lowest BCUT2D eigenvalue weighted by Gasteiger charge is -2.19. The minimum absolute atomic E-state index is 0.0465. The summed E-state index contributed by atoms with van der Waals surface area (Å²) in [5.41, 5.74) is 0. The molecule has 1 amide bonds. The number of carboxylic acid groups (broad SMARTS) is 1. The Morgan fingerprint density at radius 1 is 1.45 bits per heavy atom. The first kappa shape index (κ1) is 14.0. The fraction of sp³-hybridized carbons (Fsp3) is 0.357. The lowest BCUT2D eigenvalue weighted by molar-refractivity contribution is -0.146. The van der Waals surface area contributed by atoms with E-state index in [9.17, 15) is 14.4 Å².